The highest BCUT2D eigenvalue weighted by Crippen LogP contribution is 1.94. The van der Waals surface area contributed by atoms with E-state index in [4.69, 9.17) is 0 Å². The zero-order chi connectivity index (χ0) is 7.98. The number of nitrogens with one attached hydrogen (secondary N) is 2. The van der Waals surface area contributed by atoms with E-state index in [2.05, 4.69) is 29.7 Å². The number of hydrogen-bond donors (Lipinski definition) is 2. The molecule has 1 aliphatic rings. The maximum absolute atomic E-state index is 4.13. The lowest BCUT2D eigenvalue weighted by Crippen LogP contribution is -2.32. The predicted molar refractivity (Wildman–Crippen MR) is 44.8 cm³/mol. The minimum Gasteiger partial charge on any atom is -0.308 e. The Kier molecular flexibility index (Phi) is 4.94. The highest BCUT2D eigenvalue weighted by atomic mass is 15.5. The Morgan fingerprint density at radius 1 is 1.40 bits per heavy atom. The summed E-state index contributed by atoms with van der Waals surface area (Å²) in [5.41, 5.74) is 5.86. The van der Waals surface area contributed by atoms with E-state index in [1.165, 1.54) is 0 Å². The van der Waals surface area contributed by atoms with Crippen LogP contribution in [0.3, 0.4) is 0 Å². The first-order chi connectivity index (χ1) is 4.80. The predicted octanol–water partition coefficient (Wildman–Crippen LogP) is 1.13. The number of hydrazine groups is 1. The third-order valence-corrected chi connectivity index (χ3v) is 1.09. The summed E-state index contributed by atoms with van der Waals surface area (Å²) in [4.78, 5) is 4.13. The van der Waals surface area contributed by atoms with E-state index < -0.39 is 0 Å². The summed E-state index contributed by atoms with van der Waals surface area (Å²) in [7, 11) is 0. The molecule has 1 heterocycles. The molecule has 0 fully saturated rings. The standard InChI is InChI=1S/C5H11N3.C2H6/c1-4(2)5-6-3-7-8-5;1-2/h4,7H,3H2,1-2H3,(H,6,8);1-2H3. The molecular formula is C7H17N3. The van der Waals surface area contributed by atoms with E-state index in [0.29, 0.717) is 12.6 Å². The van der Waals surface area contributed by atoms with Gasteiger partial charge in [0, 0.05) is 5.92 Å². The quantitative estimate of drug-likeness (QED) is 0.577. The molecule has 60 valence electrons. The van der Waals surface area contributed by atoms with E-state index in [1.54, 1.807) is 0 Å². The third kappa shape index (κ3) is 2.82. The highest BCUT2D eigenvalue weighted by molar-refractivity contribution is 5.84. The van der Waals surface area contributed by atoms with Gasteiger partial charge in [-0.1, -0.05) is 27.7 Å². The fraction of sp³-hybridized carbons (Fsp3) is 0.857. The van der Waals surface area contributed by atoms with Crippen molar-refractivity contribution in [1.82, 2.24) is 10.9 Å². The Morgan fingerprint density at radius 2 is 2.00 bits per heavy atom. The minimum absolute atomic E-state index is 0.519. The molecule has 0 unspecified atom stereocenters. The largest absolute Gasteiger partial charge is 0.308 e. The molecule has 2 N–H and O–H groups in total. The molecule has 10 heavy (non-hydrogen) atoms. The van der Waals surface area contributed by atoms with Gasteiger partial charge in [0.1, 0.15) is 12.5 Å². The number of amidine groups is 1. The lowest BCUT2D eigenvalue weighted by molar-refractivity contribution is 0.707. The van der Waals surface area contributed by atoms with Gasteiger partial charge in [0.2, 0.25) is 0 Å². The molecule has 1 aliphatic heterocycles. The zero-order valence-electron chi connectivity index (χ0n) is 7.23. The molecule has 0 radical (unpaired) electrons. The van der Waals surface area contributed by atoms with Gasteiger partial charge in [0.25, 0.3) is 0 Å². The summed E-state index contributed by atoms with van der Waals surface area (Å²) in [5.74, 6) is 1.58. The number of hydrogen-bond acceptors (Lipinski definition) is 3. The van der Waals surface area contributed by atoms with Crippen LogP contribution < -0.4 is 10.9 Å². The van der Waals surface area contributed by atoms with Crippen LogP contribution in [0.2, 0.25) is 0 Å². The van der Waals surface area contributed by atoms with Gasteiger partial charge >= 0.3 is 0 Å². The smallest absolute Gasteiger partial charge is 0.115 e. The Balaban J connectivity index is 0.000000371. The minimum atomic E-state index is 0.519. The first kappa shape index (κ1) is 9.43. The van der Waals surface area contributed by atoms with Crippen LogP contribution in [-0.4, -0.2) is 12.5 Å². The van der Waals surface area contributed by atoms with Gasteiger partial charge in [0.05, 0.1) is 0 Å². The van der Waals surface area contributed by atoms with Crippen LogP contribution in [0, 0.1) is 5.92 Å². The fourth-order valence-corrected chi connectivity index (χ4v) is 0.621. The van der Waals surface area contributed by atoms with Crippen molar-refractivity contribution in [2.24, 2.45) is 10.9 Å². The molecule has 0 atom stereocenters. The lowest BCUT2D eigenvalue weighted by Gasteiger charge is -2.02. The molecule has 1 rings (SSSR count). The molecule has 0 aliphatic carbocycles. The van der Waals surface area contributed by atoms with Gasteiger partial charge < -0.3 is 5.43 Å². The molecule has 0 amide bonds. The molecule has 0 saturated carbocycles. The molecule has 0 bridgehead atoms. The van der Waals surface area contributed by atoms with Crippen LogP contribution in [0.4, 0.5) is 0 Å². The summed E-state index contributed by atoms with van der Waals surface area (Å²) in [5, 5.41) is 0. The summed E-state index contributed by atoms with van der Waals surface area (Å²) in [6.07, 6.45) is 0. The molecule has 0 spiro atoms. The van der Waals surface area contributed by atoms with Crippen molar-refractivity contribution < 1.29 is 0 Å². The Labute approximate surface area is 62.9 Å². The Morgan fingerprint density at radius 3 is 2.20 bits per heavy atom. The van der Waals surface area contributed by atoms with Crippen LogP contribution in [-0.2, 0) is 0 Å². The molecule has 3 heteroatoms. The van der Waals surface area contributed by atoms with Crippen LogP contribution >= 0.6 is 0 Å². The lowest BCUT2D eigenvalue weighted by atomic mass is 10.2. The van der Waals surface area contributed by atoms with Crippen molar-refractivity contribution in [1.29, 1.82) is 0 Å². The van der Waals surface area contributed by atoms with Crippen LogP contribution in [0.25, 0.3) is 0 Å². The maximum Gasteiger partial charge on any atom is 0.115 e. The van der Waals surface area contributed by atoms with Gasteiger partial charge in [0.15, 0.2) is 0 Å². The Hall–Kier alpha value is -0.570. The third-order valence-electron chi connectivity index (χ3n) is 1.09. The summed E-state index contributed by atoms with van der Waals surface area (Å²) in [6, 6.07) is 0. The first-order valence-corrected chi connectivity index (χ1v) is 3.84. The average Bonchev–Trinajstić information content (AvgIpc) is 2.42. The van der Waals surface area contributed by atoms with Crippen molar-refractivity contribution in [3.8, 4) is 0 Å². The molecule has 0 aromatic heterocycles. The second-order valence-electron chi connectivity index (χ2n) is 2.16. The molecule has 0 saturated heterocycles. The van der Waals surface area contributed by atoms with Crippen molar-refractivity contribution in [3.63, 3.8) is 0 Å². The summed E-state index contributed by atoms with van der Waals surface area (Å²) in [6.45, 7) is 8.94. The highest BCUT2D eigenvalue weighted by Gasteiger charge is 2.06. The molecule has 0 aromatic carbocycles. The van der Waals surface area contributed by atoms with E-state index in [9.17, 15) is 0 Å². The topological polar surface area (TPSA) is 36.4 Å². The average molecular weight is 143 g/mol. The van der Waals surface area contributed by atoms with Gasteiger partial charge in [-0.25, -0.2) is 5.43 Å². The number of rotatable bonds is 1. The number of aliphatic imine (C=N–C) groups is 1. The first-order valence-electron chi connectivity index (χ1n) is 3.84. The SMILES string of the molecule is CC.CC(C)C1=NCNN1. The molecule has 3 nitrogen and oxygen atoms in total. The van der Waals surface area contributed by atoms with E-state index in [1.807, 2.05) is 13.8 Å². The van der Waals surface area contributed by atoms with Crippen LogP contribution in [0.5, 0.6) is 0 Å². The molecular weight excluding hydrogens is 126 g/mol. The fourth-order valence-electron chi connectivity index (χ4n) is 0.621. The normalized spacial score (nSPS) is 15.5. The molecule has 0 aromatic rings. The zero-order valence-corrected chi connectivity index (χ0v) is 7.23. The van der Waals surface area contributed by atoms with E-state index >= 15 is 0 Å². The van der Waals surface area contributed by atoms with Gasteiger partial charge in [-0.15, -0.1) is 0 Å². The Bertz CT molecular complexity index is 107. The number of nitrogens with zero attached hydrogens (tertiary/aromatic N) is 1. The van der Waals surface area contributed by atoms with Crippen molar-refractivity contribution in [2.45, 2.75) is 27.7 Å². The van der Waals surface area contributed by atoms with E-state index in [-0.39, 0.29) is 0 Å². The van der Waals surface area contributed by atoms with Crippen LogP contribution in [0.1, 0.15) is 27.7 Å². The van der Waals surface area contributed by atoms with E-state index in [0.717, 1.165) is 5.84 Å². The second-order valence-corrected chi connectivity index (χ2v) is 2.16. The van der Waals surface area contributed by atoms with Crippen molar-refractivity contribution in [3.05, 3.63) is 0 Å². The van der Waals surface area contributed by atoms with Gasteiger partial charge in [-0.05, 0) is 0 Å². The van der Waals surface area contributed by atoms with Gasteiger partial charge in [-0.3, -0.25) is 4.99 Å². The van der Waals surface area contributed by atoms with Crippen LogP contribution in [0.15, 0.2) is 4.99 Å². The second kappa shape index (κ2) is 5.23. The maximum atomic E-state index is 4.13. The van der Waals surface area contributed by atoms with Gasteiger partial charge in [-0.2, -0.15) is 0 Å². The van der Waals surface area contributed by atoms with Crippen molar-refractivity contribution in [2.75, 3.05) is 6.67 Å². The summed E-state index contributed by atoms with van der Waals surface area (Å²) < 4.78 is 0. The monoisotopic (exact) mass is 143 g/mol. The van der Waals surface area contributed by atoms with Crippen molar-refractivity contribution >= 4 is 5.84 Å². The summed E-state index contributed by atoms with van der Waals surface area (Å²) >= 11 is 0.